The monoisotopic (exact) mass is 311 g/mol. The predicted octanol–water partition coefficient (Wildman–Crippen LogP) is -0.487. The second-order valence-electron chi connectivity index (χ2n) is 5.31. The van der Waals surface area contributed by atoms with Gasteiger partial charge in [-0.05, 0) is 13.8 Å². The summed E-state index contributed by atoms with van der Waals surface area (Å²) in [6, 6.07) is 0.0466. The summed E-state index contributed by atoms with van der Waals surface area (Å²) in [6.07, 6.45) is 5.02. The van der Waals surface area contributed by atoms with Crippen molar-refractivity contribution in [2.45, 2.75) is 31.7 Å². The van der Waals surface area contributed by atoms with Crippen molar-refractivity contribution in [2.75, 3.05) is 13.1 Å². The van der Waals surface area contributed by atoms with Gasteiger partial charge in [-0.3, -0.25) is 0 Å². The summed E-state index contributed by atoms with van der Waals surface area (Å²) in [5.74, 6) is 0. The van der Waals surface area contributed by atoms with E-state index in [2.05, 4.69) is 20.5 Å². The molecule has 0 spiro atoms. The Kier molecular flexibility index (Phi) is 3.49. The molecule has 0 aliphatic carbocycles. The summed E-state index contributed by atoms with van der Waals surface area (Å²) in [6.45, 7) is 4.72. The van der Waals surface area contributed by atoms with Crippen LogP contribution in [0.3, 0.4) is 0 Å². The van der Waals surface area contributed by atoms with Gasteiger partial charge in [-0.25, -0.2) is 13.1 Å². The molecule has 1 fully saturated rings. The van der Waals surface area contributed by atoms with Crippen LogP contribution >= 0.6 is 0 Å². The first kappa shape index (κ1) is 14.1. The van der Waals surface area contributed by atoms with Crippen molar-refractivity contribution in [3.63, 3.8) is 0 Å². The first-order chi connectivity index (χ1) is 9.96. The quantitative estimate of drug-likeness (QED) is 0.739. The summed E-state index contributed by atoms with van der Waals surface area (Å²) in [7, 11) is -3.17. The van der Waals surface area contributed by atoms with Crippen LogP contribution in [0.25, 0.3) is 0 Å². The maximum absolute atomic E-state index is 12.0. The van der Waals surface area contributed by atoms with E-state index in [0.29, 0.717) is 19.6 Å². The van der Waals surface area contributed by atoms with E-state index >= 15 is 0 Å². The third-order valence-corrected chi connectivity index (χ3v) is 5.70. The van der Waals surface area contributed by atoms with Gasteiger partial charge in [-0.1, -0.05) is 5.21 Å². The second kappa shape index (κ2) is 5.19. The highest BCUT2D eigenvalue weighted by atomic mass is 32.2. The molecule has 0 atom stereocenters. The molecule has 21 heavy (non-hydrogen) atoms. The summed E-state index contributed by atoms with van der Waals surface area (Å²) >= 11 is 0. The van der Waals surface area contributed by atoms with E-state index in [1.165, 1.54) is 9.10 Å². The SMILES string of the molecule is CC(C)S(=O)(=O)N1CC(n2cc(Cn3nccn3)nn2)C1. The summed E-state index contributed by atoms with van der Waals surface area (Å²) in [5.41, 5.74) is 0.747. The first-order valence-electron chi connectivity index (χ1n) is 6.70. The first-order valence-corrected chi connectivity index (χ1v) is 8.21. The molecule has 0 N–H and O–H groups in total. The predicted molar refractivity (Wildman–Crippen MR) is 73.8 cm³/mol. The highest BCUT2D eigenvalue weighted by Crippen LogP contribution is 2.25. The lowest BCUT2D eigenvalue weighted by molar-refractivity contribution is 0.187. The van der Waals surface area contributed by atoms with Gasteiger partial charge in [0.05, 0.1) is 29.9 Å². The summed E-state index contributed by atoms with van der Waals surface area (Å²) < 4.78 is 27.1. The number of aromatic nitrogens is 6. The van der Waals surface area contributed by atoms with Gasteiger partial charge in [0.1, 0.15) is 12.2 Å². The van der Waals surface area contributed by atoms with Crippen LogP contribution in [0.1, 0.15) is 25.6 Å². The zero-order chi connectivity index (χ0) is 15.0. The number of sulfonamides is 1. The van der Waals surface area contributed by atoms with Crippen molar-refractivity contribution in [1.29, 1.82) is 0 Å². The molecule has 10 heteroatoms. The Morgan fingerprint density at radius 1 is 1.29 bits per heavy atom. The third kappa shape index (κ3) is 2.68. The Bertz CT molecular complexity index is 701. The molecule has 0 saturated carbocycles. The largest absolute Gasteiger partial charge is 0.246 e. The van der Waals surface area contributed by atoms with Crippen LogP contribution in [0.5, 0.6) is 0 Å². The maximum Gasteiger partial charge on any atom is 0.216 e. The van der Waals surface area contributed by atoms with Crippen molar-refractivity contribution in [1.82, 2.24) is 34.3 Å². The van der Waals surface area contributed by atoms with Gasteiger partial charge in [0.15, 0.2) is 0 Å². The molecule has 1 saturated heterocycles. The molecule has 0 amide bonds. The molecule has 0 aromatic carbocycles. The Labute approximate surface area is 122 Å². The fourth-order valence-electron chi connectivity index (χ4n) is 2.12. The molecule has 1 aliphatic rings. The van der Waals surface area contributed by atoms with Gasteiger partial charge >= 0.3 is 0 Å². The van der Waals surface area contributed by atoms with E-state index in [1.807, 2.05) is 6.20 Å². The molecular formula is C11H17N7O2S. The molecule has 9 nitrogen and oxygen atoms in total. The maximum atomic E-state index is 12.0. The lowest BCUT2D eigenvalue weighted by Crippen LogP contribution is -2.52. The fraction of sp³-hybridized carbons (Fsp3) is 0.636. The molecule has 114 valence electrons. The smallest absolute Gasteiger partial charge is 0.216 e. The van der Waals surface area contributed by atoms with Crippen LogP contribution in [0.4, 0.5) is 0 Å². The highest BCUT2D eigenvalue weighted by Gasteiger charge is 2.38. The van der Waals surface area contributed by atoms with E-state index in [1.54, 1.807) is 30.9 Å². The molecule has 2 aromatic rings. The average molecular weight is 311 g/mol. The average Bonchev–Trinajstić information content (AvgIpc) is 2.99. The van der Waals surface area contributed by atoms with Crippen LogP contribution in [-0.4, -0.2) is 61.1 Å². The van der Waals surface area contributed by atoms with Crippen LogP contribution in [0.2, 0.25) is 0 Å². The second-order valence-corrected chi connectivity index (χ2v) is 7.80. The Hall–Kier alpha value is -1.81. The number of rotatable bonds is 5. The normalized spacial score (nSPS) is 17.3. The Morgan fingerprint density at radius 3 is 2.57 bits per heavy atom. The molecule has 3 rings (SSSR count). The minimum Gasteiger partial charge on any atom is -0.246 e. The van der Waals surface area contributed by atoms with Gasteiger partial charge in [0.25, 0.3) is 0 Å². The van der Waals surface area contributed by atoms with Gasteiger partial charge < -0.3 is 0 Å². The van der Waals surface area contributed by atoms with Gasteiger partial charge in [0.2, 0.25) is 10.0 Å². The lowest BCUT2D eigenvalue weighted by Gasteiger charge is -2.38. The van der Waals surface area contributed by atoms with Gasteiger partial charge in [-0.15, -0.1) is 5.10 Å². The molecule has 0 radical (unpaired) electrons. The molecule has 1 aliphatic heterocycles. The summed E-state index contributed by atoms with van der Waals surface area (Å²) in [5, 5.41) is 15.7. The van der Waals surface area contributed by atoms with Crippen LogP contribution < -0.4 is 0 Å². The minimum absolute atomic E-state index is 0.0466. The highest BCUT2D eigenvalue weighted by molar-refractivity contribution is 7.89. The molecule has 0 bridgehead atoms. The molecule has 3 heterocycles. The van der Waals surface area contributed by atoms with Crippen LogP contribution in [0.15, 0.2) is 18.6 Å². The number of nitrogens with zero attached hydrogens (tertiary/aromatic N) is 7. The standard InChI is InChI=1S/C11H17N7O2S/c1-9(2)21(19,20)16-7-11(8-16)17-5-10(14-15-17)6-18-12-3-4-13-18/h3-5,9,11H,6-8H2,1-2H3. The molecule has 0 unspecified atom stereocenters. The van der Waals surface area contributed by atoms with Crippen molar-refractivity contribution in [3.8, 4) is 0 Å². The fourth-order valence-corrected chi connectivity index (χ4v) is 3.48. The van der Waals surface area contributed by atoms with Gasteiger partial charge in [-0.2, -0.15) is 19.3 Å². The Morgan fingerprint density at radius 2 is 1.95 bits per heavy atom. The van der Waals surface area contributed by atoms with Crippen molar-refractivity contribution in [3.05, 3.63) is 24.3 Å². The topological polar surface area (TPSA) is 98.8 Å². The van der Waals surface area contributed by atoms with E-state index in [-0.39, 0.29) is 6.04 Å². The Balaban J connectivity index is 1.62. The van der Waals surface area contributed by atoms with E-state index in [4.69, 9.17) is 0 Å². The van der Waals surface area contributed by atoms with Gasteiger partial charge in [0, 0.05) is 13.1 Å². The number of hydrogen-bond donors (Lipinski definition) is 0. The van der Waals surface area contributed by atoms with Crippen molar-refractivity contribution >= 4 is 10.0 Å². The van der Waals surface area contributed by atoms with E-state index in [9.17, 15) is 8.42 Å². The summed E-state index contributed by atoms with van der Waals surface area (Å²) in [4.78, 5) is 1.52. The number of hydrogen-bond acceptors (Lipinski definition) is 6. The molecular weight excluding hydrogens is 294 g/mol. The van der Waals surface area contributed by atoms with E-state index < -0.39 is 15.3 Å². The van der Waals surface area contributed by atoms with Crippen molar-refractivity contribution in [2.24, 2.45) is 0 Å². The molecule has 2 aromatic heterocycles. The van der Waals surface area contributed by atoms with Crippen LogP contribution in [-0.2, 0) is 16.6 Å². The minimum atomic E-state index is -3.17. The van der Waals surface area contributed by atoms with Crippen molar-refractivity contribution < 1.29 is 8.42 Å². The third-order valence-electron chi connectivity index (χ3n) is 3.49. The lowest BCUT2D eigenvalue weighted by atomic mass is 10.2. The van der Waals surface area contributed by atoms with Crippen LogP contribution in [0, 0.1) is 0 Å². The zero-order valence-corrected chi connectivity index (χ0v) is 12.7. The van der Waals surface area contributed by atoms with E-state index in [0.717, 1.165) is 5.69 Å². The zero-order valence-electron chi connectivity index (χ0n) is 11.9.